The lowest BCUT2D eigenvalue weighted by Crippen LogP contribution is -2.18. The number of ether oxygens (including phenoxy) is 2. The van der Waals surface area contributed by atoms with Crippen molar-refractivity contribution >= 4 is 17.2 Å². The van der Waals surface area contributed by atoms with Crippen molar-refractivity contribution in [3.05, 3.63) is 29.3 Å². The van der Waals surface area contributed by atoms with Gasteiger partial charge in [0.25, 0.3) is 0 Å². The Kier molecular flexibility index (Phi) is 6.91. The van der Waals surface area contributed by atoms with Gasteiger partial charge in [0.05, 0.1) is 12.2 Å². The lowest BCUT2D eigenvalue weighted by molar-refractivity contribution is -0.137. The van der Waals surface area contributed by atoms with Gasteiger partial charge in [-0.1, -0.05) is 25.6 Å². The van der Waals surface area contributed by atoms with E-state index < -0.39 is 11.7 Å². The van der Waals surface area contributed by atoms with Gasteiger partial charge in [-0.2, -0.15) is 13.2 Å². The molecular formula is C14H18F3NO2S. The van der Waals surface area contributed by atoms with E-state index in [1.807, 2.05) is 0 Å². The normalized spacial score (nSPS) is 11.4. The van der Waals surface area contributed by atoms with Gasteiger partial charge >= 0.3 is 6.18 Å². The molecule has 0 aliphatic rings. The number of halogens is 3. The third kappa shape index (κ3) is 5.89. The standard InChI is InChI=1S/C14H18F3NO2S/c1-2-3-6-19-7-8-20-10-4-5-12(14(15,16)17)11(9-10)13(18)21/h4-5,9H,2-3,6-8H2,1H3,(H2,18,21). The fourth-order valence-electron chi connectivity index (χ4n) is 1.63. The molecule has 0 aromatic heterocycles. The minimum atomic E-state index is -4.50. The second-order valence-corrected chi connectivity index (χ2v) is 4.82. The second kappa shape index (κ2) is 8.19. The first-order chi connectivity index (χ1) is 9.86. The largest absolute Gasteiger partial charge is 0.491 e. The Morgan fingerprint density at radius 3 is 2.52 bits per heavy atom. The fraction of sp³-hybridized carbons (Fsp3) is 0.500. The van der Waals surface area contributed by atoms with Crippen molar-refractivity contribution < 1.29 is 22.6 Å². The summed E-state index contributed by atoms with van der Waals surface area (Å²) >= 11 is 4.66. The Hall–Kier alpha value is -1.34. The Bertz CT molecular complexity index is 478. The molecule has 0 spiro atoms. The summed E-state index contributed by atoms with van der Waals surface area (Å²) in [5.74, 6) is 0.282. The quantitative estimate of drug-likeness (QED) is 0.587. The molecule has 1 aromatic rings. The van der Waals surface area contributed by atoms with Crippen LogP contribution in [0.5, 0.6) is 5.75 Å². The zero-order valence-electron chi connectivity index (χ0n) is 11.7. The average Bonchev–Trinajstić information content (AvgIpc) is 2.41. The SMILES string of the molecule is CCCCOCCOc1ccc(C(F)(F)F)c(C(N)=S)c1. The maximum atomic E-state index is 12.8. The van der Waals surface area contributed by atoms with Gasteiger partial charge in [0, 0.05) is 12.2 Å². The topological polar surface area (TPSA) is 44.5 Å². The second-order valence-electron chi connectivity index (χ2n) is 4.38. The van der Waals surface area contributed by atoms with Crippen LogP contribution in [0.3, 0.4) is 0 Å². The summed E-state index contributed by atoms with van der Waals surface area (Å²) in [5.41, 5.74) is 4.25. The molecule has 1 aromatic carbocycles. The molecule has 2 N–H and O–H groups in total. The van der Waals surface area contributed by atoms with Crippen molar-refractivity contribution in [2.24, 2.45) is 5.73 Å². The Labute approximate surface area is 127 Å². The monoisotopic (exact) mass is 321 g/mol. The number of hydrogen-bond donors (Lipinski definition) is 1. The van der Waals surface area contributed by atoms with E-state index in [0.29, 0.717) is 13.2 Å². The molecule has 0 saturated heterocycles. The van der Waals surface area contributed by atoms with E-state index in [2.05, 4.69) is 19.1 Å². The number of benzene rings is 1. The summed E-state index contributed by atoms with van der Waals surface area (Å²) in [4.78, 5) is -0.313. The Morgan fingerprint density at radius 1 is 1.24 bits per heavy atom. The summed E-state index contributed by atoms with van der Waals surface area (Å²) in [5, 5.41) is 0. The van der Waals surface area contributed by atoms with Crippen LogP contribution in [-0.4, -0.2) is 24.8 Å². The molecule has 0 heterocycles. The van der Waals surface area contributed by atoms with Gasteiger partial charge in [-0.3, -0.25) is 0 Å². The molecule has 0 atom stereocenters. The molecule has 0 aliphatic carbocycles. The van der Waals surface area contributed by atoms with Crippen LogP contribution < -0.4 is 10.5 Å². The van der Waals surface area contributed by atoms with E-state index in [0.717, 1.165) is 18.9 Å². The zero-order valence-corrected chi connectivity index (χ0v) is 12.5. The Morgan fingerprint density at radius 2 is 1.95 bits per heavy atom. The third-order valence-corrected chi connectivity index (χ3v) is 2.92. The number of hydrogen-bond acceptors (Lipinski definition) is 3. The van der Waals surface area contributed by atoms with Crippen LogP contribution in [-0.2, 0) is 10.9 Å². The van der Waals surface area contributed by atoms with Crippen molar-refractivity contribution in [2.75, 3.05) is 19.8 Å². The minimum absolute atomic E-state index is 0.234. The van der Waals surface area contributed by atoms with Gasteiger partial charge in [-0.25, -0.2) is 0 Å². The molecule has 0 saturated carbocycles. The number of alkyl halides is 3. The molecule has 0 aliphatic heterocycles. The highest BCUT2D eigenvalue weighted by atomic mass is 32.1. The fourth-order valence-corrected chi connectivity index (χ4v) is 1.80. The zero-order chi connectivity index (χ0) is 15.9. The number of thiocarbonyl (C=S) groups is 1. The summed E-state index contributed by atoms with van der Waals surface area (Å²) < 4.78 is 49.0. The molecule has 0 amide bonds. The summed E-state index contributed by atoms with van der Waals surface area (Å²) in [7, 11) is 0. The third-order valence-electron chi connectivity index (χ3n) is 2.70. The molecule has 0 radical (unpaired) electrons. The van der Waals surface area contributed by atoms with Crippen LogP contribution in [0.15, 0.2) is 18.2 Å². The smallest absolute Gasteiger partial charge is 0.417 e. The highest BCUT2D eigenvalue weighted by Crippen LogP contribution is 2.33. The van der Waals surface area contributed by atoms with Crippen molar-refractivity contribution in [2.45, 2.75) is 25.9 Å². The summed E-state index contributed by atoms with van der Waals surface area (Å²) in [6, 6.07) is 3.37. The molecule has 0 unspecified atom stereocenters. The minimum Gasteiger partial charge on any atom is -0.491 e. The van der Waals surface area contributed by atoms with Gasteiger partial charge in [-0.15, -0.1) is 0 Å². The highest BCUT2D eigenvalue weighted by molar-refractivity contribution is 7.80. The molecular weight excluding hydrogens is 303 g/mol. The molecule has 21 heavy (non-hydrogen) atoms. The van der Waals surface area contributed by atoms with Gasteiger partial charge in [0.1, 0.15) is 17.3 Å². The van der Waals surface area contributed by atoms with Gasteiger partial charge in [-0.05, 0) is 24.6 Å². The summed E-state index contributed by atoms with van der Waals surface area (Å²) in [6.45, 7) is 3.33. The average molecular weight is 321 g/mol. The first-order valence-corrected chi connectivity index (χ1v) is 6.98. The van der Waals surface area contributed by atoms with E-state index in [9.17, 15) is 13.2 Å². The van der Waals surface area contributed by atoms with Crippen LogP contribution in [0.2, 0.25) is 0 Å². The van der Waals surface area contributed by atoms with Gasteiger partial charge in [0.2, 0.25) is 0 Å². The molecule has 0 fully saturated rings. The van der Waals surface area contributed by atoms with Gasteiger partial charge in [0.15, 0.2) is 0 Å². The van der Waals surface area contributed by atoms with Crippen LogP contribution in [0.4, 0.5) is 13.2 Å². The maximum absolute atomic E-state index is 12.8. The van der Waals surface area contributed by atoms with Gasteiger partial charge < -0.3 is 15.2 Å². The van der Waals surface area contributed by atoms with Crippen LogP contribution in [0.1, 0.15) is 30.9 Å². The lowest BCUT2D eigenvalue weighted by Gasteiger charge is -2.14. The van der Waals surface area contributed by atoms with Crippen LogP contribution in [0.25, 0.3) is 0 Å². The number of unbranched alkanes of at least 4 members (excludes halogenated alkanes) is 1. The van der Waals surface area contributed by atoms with E-state index in [1.54, 1.807) is 0 Å². The Balaban J connectivity index is 2.65. The molecule has 0 bridgehead atoms. The van der Waals surface area contributed by atoms with Crippen molar-refractivity contribution in [1.82, 2.24) is 0 Å². The molecule has 1 rings (SSSR count). The first kappa shape index (κ1) is 17.7. The number of nitrogens with two attached hydrogens (primary N) is 1. The highest BCUT2D eigenvalue weighted by Gasteiger charge is 2.34. The predicted molar refractivity (Wildman–Crippen MR) is 78.6 cm³/mol. The van der Waals surface area contributed by atoms with E-state index in [4.69, 9.17) is 15.2 Å². The molecule has 7 heteroatoms. The van der Waals surface area contributed by atoms with E-state index in [1.165, 1.54) is 12.1 Å². The number of rotatable bonds is 8. The van der Waals surface area contributed by atoms with Crippen molar-refractivity contribution in [3.8, 4) is 5.75 Å². The maximum Gasteiger partial charge on any atom is 0.417 e. The lowest BCUT2D eigenvalue weighted by atomic mass is 10.1. The molecule has 3 nitrogen and oxygen atoms in total. The van der Waals surface area contributed by atoms with E-state index in [-0.39, 0.29) is 22.9 Å². The van der Waals surface area contributed by atoms with E-state index >= 15 is 0 Å². The summed E-state index contributed by atoms with van der Waals surface area (Å²) in [6.07, 6.45) is -2.50. The van der Waals surface area contributed by atoms with Crippen molar-refractivity contribution in [1.29, 1.82) is 0 Å². The van der Waals surface area contributed by atoms with Crippen LogP contribution in [0, 0.1) is 0 Å². The van der Waals surface area contributed by atoms with Crippen molar-refractivity contribution in [3.63, 3.8) is 0 Å². The van der Waals surface area contributed by atoms with Crippen LogP contribution >= 0.6 is 12.2 Å². The predicted octanol–water partition coefficient (Wildman–Crippen LogP) is 3.54. The first-order valence-electron chi connectivity index (χ1n) is 6.58. The molecule has 118 valence electrons.